The number of urea groups is 1. The van der Waals surface area contributed by atoms with Gasteiger partial charge in [-0.05, 0) is 54.3 Å². The molecule has 3 rings (SSSR count). The number of carbonyl (C=O) groups excluding carboxylic acids is 1. The number of hydrogen-bond donors (Lipinski definition) is 2. The summed E-state index contributed by atoms with van der Waals surface area (Å²) in [5, 5.41) is 6.33. The number of ether oxygens (including phenoxy) is 1. The maximum atomic E-state index is 13.2. The van der Waals surface area contributed by atoms with E-state index in [1.54, 1.807) is 12.1 Å². The zero-order chi connectivity index (χ0) is 20.6. The number of benzene rings is 2. The molecule has 0 spiro atoms. The van der Waals surface area contributed by atoms with Gasteiger partial charge in [-0.25, -0.2) is 9.18 Å². The highest BCUT2D eigenvalue weighted by molar-refractivity contribution is 5.74. The average molecular weight is 400 g/mol. The molecule has 156 valence electrons. The Morgan fingerprint density at radius 3 is 2.48 bits per heavy atom. The molecule has 1 fully saturated rings. The summed E-state index contributed by atoms with van der Waals surface area (Å²) < 4.78 is 18.9. The fourth-order valence-electron chi connectivity index (χ4n) is 3.30. The SMILES string of the molecule is CC(C)COc1ccc(CNC(=O)N(Cc2ccc(F)cc2)C2CCNC2)cc1. The van der Waals surface area contributed by atoms with Crippen LogP contribution in [0.3, 0.4) is 0 Å². The Labute approximate surface area is 172 Å². The van der Waals surface area contributed by atoms with E-state index < -0.39 is 0 Å². The van der Waals surface area contributed by atoms with Crippen LogP contribution in [-0.4, -0.2) is 36.7 Å². The van der Waals surface area contributed by atoms with E-state index in [1.807, 2.05) is 29.2 Å². The van der Waals surface area contributed by atoms with Gasteiger partial charge in [0, 0.05) is 25.7 Å². The summed E-state index contributed by atoms with van der Waals surface area (Å²) in [5.41, 5.74) is 1.93. The normalized spacial score (nSPS) is 16.1. The molecule has 2 aromatic carbocycles. The number of nitrogens with one attached hydrogen (secondary N) is 2. The Balaban J connectivity index is 1.58. The molecule has 1 atom stereocenters. The van der Waals surface area contributed by atoms with Gasteiger partial charge < -0.3 is 20.3 Å². The van der Waals surface area contributed by atoms with Gasteiger partial charge in [0.15, 0.2) is 0 Å². The number of nitrogens with zero attached hydrogens (tertiary/aromatic N) is 1. The first kappa shape index (κ1) is 21.1. The Morgan fingerprint density at radius 2 is 1.86 bits per heavy atom. The third-order valence-corrected chi connectivity index (χ3v) is 4.95. The van der Waals surface area contributed by atoms with Gasteiger partial charge in [0.25, 0.3) is 0 Å². The Bertz CT molecular complexity index is 772. The first-order chi connectivity index (χ1) is 14.0. The van der Waals surface area contributed by atoms with Crippen LogP contribution in [0.25, 0.3) is 0 Å². The quantitative estimate of drug-likeness (QED) is 0.707. The lowest BCUT2D eigenvalue weighted by Gasteiger charge is -2.29. The van der Waals surface area contributed by atoms with Crippen LogP contribution >= 0.6 is 0 Å². The van der Waals surface area contributed by atoms with Crippen LogP contribution in [0, 0.1) is 11.7 Å². The zero-order valence-electron chi connectivity index (χ0n) is 17.2. The lowest BCUT2D eigenvalue weighted by atomic mass is 10.1. The molecule has 1 aliphatic rings. The first-order valence-electron chi connectivity index (χ1n) is 10.2. The standard InChI is InChI=1S/C23H30FN3O2/c1-17(2)16-29-22-9-5-18(6-10-22)13-26-23(28)27(21-11-12-25-14-21)15-19-3-7-20(24)8-4-19/h3-10,17,21,25H,11-16H2,1-2H3,(H,26,28). The third-order valence-electron chi connectivity index (χ3n) is 4.95. The monoisotopic (exact) mass is 399 g/mol. The van der Waals surface area contributed by atoms with Crippen LogP contribution in [0.5, 0.6) is 5.75 Å². The van der Waals surface area contributed by atoms with Gasteiger partial charge in [-0.1, -0.05) is 38.1 Å². The Morgan fingerprint density at radius 1 is 1.17 bits per heavy atom. The minimum absolute atomic E-state index is 0.108. The van der Waals surface area contributed by atoms with Gasteiger partial charge in [-0.15, -0.1) is 0 Å². The predicted molar refractivity (Wildman–Crippen MR) is 112 cm³/mol. The molecule has 1 heterocycles. The fraction of sp³-hybridized carbons (Fsp3) is 0.435. The molecule has 0 saturated carbocycles. The highest BCUT2D eigenvalue weighted by atomic mass is 19.1. The Kier molecular flexibility index (Phi) is 7.47. The van der Waals surface area contributed by atoms with Crippen molar-refractivity contribution in [3.05, 3.63) is 65.5 Å². The highest BCUT2D eigenvalue weighted by Gasteiger charge is 2.26. The van der Waals surface area contributed by atoms with Crippen LogP contribution in [-0.2, 0) is 13.1 Å². The number of hydrogen-bond acceptors (Lipinski definition) is 3. The van der Waals surface area contributed by atoms with Crippen molar-refractivity contribution < 1.29 is 13.9 Å². The highest BCUT2D eigenvalue weighted by Crippen LogP contribution is 2.16. The molecule has 0 radical (unpaired) electrons. The zero-order valence-corrected chi connectivity index (χ0v) is 17.2. The maximum Gasteiger partial charge on any atom is 0.318 e. The minimum Gasteiger partial charge on any atom is -0.493 e. The van der Waals surface area contributed by atoms with Gasteiger partial charge in [-0.2, -0.15) is 0 Å². The second-order valence-electron chi connectivity index (χ2n) is 7.91. The lowest BCUT2D eigenvalue weighted by molar-refractivity contribution is 0.174. The molecule has 5 nitrogen and oxygen atoms in total. The van der Waals surface area contributed by atoms with E-state index in [9.17, 15) is 9.18 Å². The van der Waals surface area contributed by atoms with Crippen LogP contribution in [0.4, 0.5) is 9.18 Å². The van der Waals surface area contributed by atoms with Gasteiger partial charge in [-0.3, -0.25) is 0 Å². The van der Waals surface area contributed by atoms with Gasteiger partial charge in [0.05, 0.1) is 6.61 Å². The summed E-state index contributed by atoms with van der Waals surface area (Å²) in [6.45, 7) is 7.49. The van der Waals surface area contributed by atoms with E-state index in [1.165, 1.54) is 12.1 Å². The molecule has 29 heavy (non-hydrogen) atoms. The molecule has 2 N–H and O–H groups in total. The average Bonchev–Trinajstić information content (AvgIpc) is 3.25. The van der Waals surface area contributed by atoms with E-state index in [-0.39, 0.29) is 17.9 Å². The van der Waals surface area contributed by atoms with Crippen molar-refractivity contribution in [2.75, 3.05) is 19.7 Å². The van der Waals surface area contributed by atoms with Gasteiger partial charge >= 0.3 is 6.03 Å². The molecule has 1 unspecified atom stereocenters. The Hall–Kier alpha value is -2.60. The van der Waals surface area contributed by atoms with Crippen molar-refractivity contribution in [1.82, 2.24) is 15.5 Å². The summed E-state index contributed by atoms with van der Waals surface area (Å²) in [5.74, 6) is 1.04. The molecule has 0 aromatic heterocycles. The molecule has 0 bridgehead atoms. The molecular weight excluding hydrogens is 369 g/mol. The van der Waals surface area contributed by atoms with Gasteiger partial charge in [0.2, 0.25) is 0 Å². The minimum atomic E-state index is -0.270. The molecule has 0 aliphatic carbocycles. The molecule has 1 saturated heterocycles. The second-order valence-corrected chi connectivity index (χ2v) is 7.91. The van der Waals surface area contributed by atoms with Gasteiger partial charge in [0.1, 0.15) is 11.6 Å². The number of carbonyl (C=O) groups is 1. The predicted octanol–water partition coefficient (Wildman–Crippen LogP) is 3.93. The smallest absolute Gasteiger partial charge is 0.318 e. The third kappa shape index (κ3) is 6.46. The second kappa shape index (κ2) is 10.3. The molecule has 6 heteroatoms. The van der Waals surface area contributed by atoms with Crippen molar-refractivity contribution in [2.45, 2.75) is 39.4 Å². The molecule has 2 aromatic rings. The van der Waals surface area contributed by atoms with E-state index in [4.69, 9.17) is 4.74 Å². The van der Waals surface area contributed by atoms with Crippen molar-refractivity contribution in [2.24, 2.45) is 5.92 Å². The van der Waals surface area contributed by atoms with Crippen LogP contribution < -0.4 is 15.4 Å². The van der Waals surface area contributed by atoms with Crippen molar-refractivity contribution >= 4 is 6.03 Å². The van der Waals surface area contributed by atoms with Crippen molar-refractivity contribution in [3.63, 3.8) is 0 Å². The number of halogens is 1. The number of amides is 2. The van der Waals surface area contributed by atoms with Crippen LogP contribution in [0.1, 0.15) is 31.4 Å². The maximum absolute atomic E-state index is 13.2. The fourth-order valence-corrected chi connectivity index (χ4v) is 3.30. The summed E-state index contributed by atoms with van der Waals surface area (Å²) in [6.07, 6.45) is 0.913. The van der Waals surface area contributed by atoms with Crippen LogP contribution in [0.15, 0.2) is 48.5 Å². The molecule has 1 aliphatic heterocycles. The van der Waals surface area contributed by atoms with E-state index >= 15 is 0 Å². The molecular formula is C23H30FN3O2. The topological polar surface area (TPSA) is 53.6 Å². The lowest BCUT2D eigenvalue weighted by Crippen LogP contribution is -2.46. The van der Waals surface area contributed by atoms with E-state index in [2.05, 4.69) is 24.5 Å². The summed E-state index contributed by atoms with van der Waals surface area (Å²) in [7, 11) is 0. The first-order valence-corrected chi connectivity index (χ1v) is 10.2. The summed E-state index contributed by atoms with van der Waals surface area (Å²) in [6, 6.07) is 14.1. The number of rotatable bonds is 8. The summed E-state index contributed by atoms with van der Waals surface area (Å²) in [4.78, 5) is 14.7. The van der Waals surface area contributed by atoms with Crippen molar-refractivity contribution in [1.29, 1.82) is 0 Å². The van der Waals surface area contributed by atoms with E-state index in [0.29, 0.717) is 25.6 Å². The molecule has 2 amide bonds. The van der Waals surface area contributed by atoms with E-state index in [0.717, 1.165) is 36.4 Å². The largest absolute Gasteiger partial charge is 0.493 e. The van der Waals surface area contributed by atoms with Crippen LogP contribution in [0.2, 0.25) is 0 Å². The summed E-state index contributed by atoms with van der Waals surface area (Å²) >= 11 is 0. The van der Waals surface area contributed by atoms with Crippen molar-refractivity contribution in [3.8, 4) is 5.75 Å².